The van der Waals surface area contributed by atoms with E-state index in [-0.39, 0.29) is 29.5 Å². The van der Waals surface area contributed by atoms with Crippen molar-refractivity contribution in [1.29, 1.82) is 0 Å². The van der Waals surface area contributed by atoms with E-state index in [0.29, 0.717) is 11.4 Å². The molecular formula is C38H45N3O6S. The molecule has 0 fully saturated rings. The first-order valence-corrected chi connectivity index (χ1v) is 17.2. The molecule has 0 aromatic heterocycles. The van der Waals surface area contributed by atoms with Crippen LogP contribution in [-0.2, 0) is 32.6 Å². The Morgan fingerprint density at radius 1 is 0.812 bits per heavy atom. The van der Waals surface area contributed by atoms with Gasteiger partial charge in [-0.15, -0.1) is 0 Å². The molecule has 0 aliphatic heterocycles. The van der Waals surface area contributed by atoms with Crippen molar-refractivity contribution in [2.75, 3.05) is 25.1 Å². The lowest BCUT2D eigenvalue weighted by Crippen LogP contribution is -2.56. The fraction of sp³-hybridized carbons (Fsp3) is 0.316. The average molecular weight is 672 g/mol. The van der Waals surface area contributed by atoms with Gasteiger partial charge in [0.25, 0.3) is 10.0 Å². The largest absolute Gasteiger partial charge is 0.493 e. The second-order valence-corrected chi connectivity index (χ2v) is 14.6. The van der Waals surface area contributed by atoms with Crippen LogP contribution in [0.3, 0.4) is 0 Å². The minimum atomic E-state index is -4.32. The van der Waals surface area contributed by atoms with Gasteiger partial charge in [0.2, 0.25) is 11.8 Å². The number of nitrogens with zero attached hydrogens (tertiary/aromatic N) is 2. The Bertz CT molecular complexity index is 1820. The SMILES string of the molecule is COc1ccc(S(=O)(=O)N(CC(=O)N(Cc2ccccc2C)[C@@H](Cc2ccccc2)C(=O)NC(C)(C)C)c2ccc(C)cc2)cc1OC. The number of nitrogens with one attached hydrogen (secondary N) is 1. The number of carbonyl (C=O) groups excluding carboxylic acids is 2. The van der Waals surface area contributed by atoms with E-state index in [1.54, 1.807) is 24.3 Å². The highest BCUT2D eigenvalue weighted by atomic mass is 32.2. The monoisotopic (exact) mass is 671 g/mol. The first kappa shape index (κ1) is 36.0. The minimum absolute atomic E-state index is 0.0784. The predicted octanol–water partition coefficient (Wildman–Crippen LogP) is 6.07. The van der Waals surface area contributed by atoms with Gasteiger partial charge in [0, 0.05) is 24.6 Å². The molecule has 0 heterocycles. The fourth-order valence-corrected chi connectivity index (χ4v) is 6.75. The third-order valence-corrected chi connectivity index (χ3v) is 9.68. The molecule has 4 aromatic rings. The molecule has 1 atom stereocenters. The number of hydrogen-bond acceptors (Lipinski definition) is 6. The third-order valence-electron chi connectivity index (χ3n) is 7.92. The van der Waals surface area contributed by atoms with Gasteiger partial charge in [-0.2, -0.15) is 0 Å². The van der Waals surface area contributed by atoms with Crippen molar-refractivity contribution in [3.8, 4) is 11.5 Å². The van der Waals surface area contributed by atoms with Crippen molar-refractivity contribution >= 4 is 27.5 Å². The number of rotatable bonds is 13. The van der Waals surface area contributed by atoms with E-state index in [0.717, 1.165) is 26.6 Å². The van der Waals surface area contributed by atoms with Gasteiger partial charge in [-0.3, -0.25) is 13.9 Å². The van der Waals surface area contributed by atoms with E-state index in [9.17, 15) is 18.0 Å². The van der Waals surface area contributed by atoms with Crippen LogP contribution in [0, 0.1) is 13.8 Å². The molecule has 9 nitrogen and oxygen atoms in total. The fourth-order valence-electron chi connectivity index (χ4n) is 5.32. The van der Waals surface area contributed by atoms with Gasteiger partial charge in [0.1, 0.15) is 12.6 Å². The highest BCUT2D eigenvalue weighted by Crippen LogP contribution is 2.32. The Hall–Kier alpha value is -4.83. The molecule has 1 N–H and O–H groups in total. The second-order valence-electron chi connectivity index (χ2n) is 12.8. The number of hydrogen-bond donors (Lipinski definition) is 1. The van der Waals surface area contributed by atoms with Gasteiger partial charge in [-0.25, -0.2) is 8.42 Å². The molecule has 48 heavy (non-hydrogen) atoms. The van der Waals surface area contributed by atoms with Crippen LogP contribution in [0.2, 0.25) is 0 Å². The number of ether oxygens (including phenoxy) is 2. The van der Waals surface area contributed by atoms with Crippen molar-refractivity contribution in [1.82, 2.24) is 10.2 Å². The topological polar surface area (TPSA) is 105 Å². The summed E-state index contributed by atoms with van der Waals surface area (Å²) in [6, 6.07) is 27.4. The van der Waals surface area contributed by atoms with Crippen LogP contribution in [0.25, 0.3) is 0 Å². The van der Waals surface area contributed by atoms with Gasteiger partial charge in [0.15, 0.2) is 11.5 Å². The van der Waals surface area contributed by atoms with Crippen molar-refractivity contribution in [2.24, 2.45) is 0 Å². The summed E-state index contributed by atoms with van der Waals surface area (Å²) in [7, 11) is -1.43. The molecule has 0 saturated heterocycles. The van der Waals surface area contributed by atoms with Gasteiger partial charge >= 0.3 is 0 Å². The molecule has 0 aliphatic carbocycles. The van der Waals surface area contributed by atoms with Crippen molar-refractivity contribution < 1.29 is 27.5 Å². The van der Waals surface area contributed by atoms with Crippen LogP contribution in [0.15, 0.2) is 102 Å². The van der Waals surface area contributed by atoms with Crippen LogP contribution in [-0.4, -0.2) is 57.5 Å². The zero-order valence-corrected chi connectivity index (χ0v) is 29.5. The number of amides is 2. The number of carbonyl (C=O) groups is 2. The third kappa shape index (κ3) is 8.95. The van der Waals surface area contributed by atoms with Gasteiger partial charge in [-0.05, 0) is 75.6 Å². The highest BCUT2D eigenvalue weighted by molar-refractivity contribution is 7.92. The van der Waals surface area contributed by atoms with Crippen LogP contribution >= 0.6 is 0 Å². The molecule has 4 rings (SSSR count). The van der Waals surface area contributed by atoms with E-state index in [4.69, 9.17) is 9.47 Å². The number of anilines is 1. The minimum Gasteiger partial charge on any atom is -0.493 e. The molecule has 4 aromatic carbocycles. The molecule has 2 amide bonds. The Morgan fingerprint density at radius 3 is 2.04 bits per heavy atom. The van der Waals surface area contributed by atoms with Crippen LogP contribution in [0.4, 0.5) is 5.69 Å². The summed E-state index contributed by atoms with van der Waals surface area (Å²) in [6.45, 7) is 9.03. The second kappa shape index (κ2) is 15.4. The maximum Gasteiger partial charge on any atom is 0.264 e. The number of aryl methyl sites for hydroxylation is 2. The zero-order chi connectivity index (χ0) is 35.1. The highest BCUT2D eigenvalue weighted by Gasteiger charge is 2.36. The van der Waals surface area contributed by atoms with Crippen molar-refractivity contribution in [3.63, 3.8) is 0 Å². The number of methoxy groups -OCH3 is 2. The number of benzene rings is 4. The maximum atomic E-state index is 14.7. The Morgan fingerprint density at radius 2 is 1.44 bits per heavy atom. The summed E-state index contributed by atoms with van der Waals surface area (Å²) in [5, 5.41) is 3.06. The number of sulfonamides is 1. The lowest BCUT2D eigenvalue weighted by molar-refractivity contribution is -0.140. The standard InChI is InChI=1S/C38H45N3O6S/c1-27-17-19-31(20-18-27)41(48(44,45)32-21-22-34(46-6)35(24-32)47-7)26-36(42)40(25-30-16-12-11-13-28(30)2)33(37(43)39-38(3,4)5)23-29-14-9-8-10-15-29/h8-22,24,33H,23,25-26H2,1-7H3,(H,39,43)/t33-/m0/s1. The summed E-state index contributed by atoms with van der Waals surface area (Å²) >= 11 is 0. The molecule has 0 radical (unpaired) electrons. The van der Waals surface area contributed by atoms with Crippen molar-refractivity contribution in [2.45, 2.75) is 64.1 Å². The predicted molar refractivity (Wildman–Crippen MR) is 189 cm³/mol. The molecule has 0 unspecified atom stereocenters. The summed E-state index contributed by atoms with van der Waals surface area (Å²) in [5.41, 5.74) is 3.31. The van der Waals surface area contributed by atoms with E-state index >= 15 is 0 Å². The Kier molecular flexibility index (Phi) is 11.5. The molecular weight excluding hydrogens is 627 g/mol. The Labute approximate surface area is 284 Å². The summed E-state index contributed by atoms with van der Waals surface area (Å²) in [4.78, 5) is 30.2. The summed E-state index contributed by atoms with van der Waals surface area (Å²) in [6.07, 6.45) is 0.229. The van der Waals surface area contributed by atoms with E-state index in [1.807, 2.05) is 89.2 Å². The molecule has 0 bridgehead atoms. The summed E-state index contributed by atoms with van der Waals surface area (Å²) in [5.74, 6) is -0.269. The zero-order valence-electron chi connectivity index (χ0n) is 28.7. The molecule has 0 saturated carbocycles. The molecule has 0 spiro atoms. The Balaban J connectivity index is 1.85. The molecule has 0 aliphatic rings. The van der Waals surface area contributed by atoms with E-state index in [2.05, 4.69) is 5.32 Å². The lowest BCUT2D eigenvalue weighted by atomic mass is 10.00. The first-order chi connectivity index (χ1) is 22.7. The maximum absolute atomic E-state index is 14.7. The van der Waals surface area contributed by atoms with Crippen molar-refractivity contribution in [3.05, 3.63) is 119 Å². The quantitative estimate of drug-likeness (QED) is 0.185. The lowest BCUT2D eigenvalue weighted by Gasteiger charge is -2.35. The summed E-state index contributed by atoms with van der Waals surface area (Å²) < 4.78 is 40.6. The first-order valence-electron chi connectivity index (χ1n) is 15.7. The van der Waals surface area contributed by atoms with Crippen LogP contribution in [0.5, 0.6) is 11.5 Å². The van der Waals surface area contributed by atoms with Gasteiger partial charge < -0.3 is 19.7 Å². The average Bonchev–Trinajstić information content (AvgIpc) is 3.05. The van der Waals surface area contributed by atoms with Gasteiger partial charge in [-0.1, -0.05) is 72.3 Å². The molecule has 254 valence electrons. The van der Waals surface area contributed by atoms with E-state index < -0.39 is 34.1 Å². The van der Waals surface area contributed by atoms with Crippen LogP contribution in [0.1, 0.15) is 43.0 Å². The van der Waals surface area contributed by atoms with E-state index in [1.165, 1.54) is 37.3 Å². The molecule has 10 heteroatoms. The normalized spacial score (nSPS) is 12.1. The van der Waals surface area contributed by atoms with Crippen LogP contribution < -0.4 is 19.1 Å². The van der Waals surface area contributed by atoms with Gasteiger partial charge in [0.05, 0.1) is 24.8 Å². The smallest absolute Gasteiger partial charge is 0.264 e.